The maximum atomic E-state index is 4.53. The molecule has 0 amide bonds. The summed E-state index contributed by atoms with van der Waals surface area (Å²) in [5, 5.41) is 7.97. The molecule has 1 aliphatic heterocycles. The molecule has 3 unspecified atom stereocenters. The smallest absolute Gasteiger partial charge is 0.193 e. The molecule has 1 aliphatic carbocycles. The molecule has 2 aromatic rings. The summed E-state index contributed by atoms with van der Waals surface area (Å²) in [6.07, 6.45) is 6.47. The number of hydrogen-bond acceptors (Lipinski definition) is 2. The van der Waals surface area contributed by atoms with Crippen LogP contribution in [0.2, 0.25) is 0 Å². The van der Waals surface area contributed by atoms with Gasteiger partial charge in [-0.1, -0.05) is 28.1 Å². The minimum absolute atomic E-state index is 0. The van der Waals surface area contributed by atoms with Crippen LogP contribution in [0, 0.1) is 0 Å². The van der Waals surface area contributed by atoms with E-state index in [1.165, 1.54) is 17.5 Å². The summed E-state index contributed by atoms with van der Waals surface area (Å²) in [5.41, 5.74) is 2.74. The lowest BCUT2D eigenvalue weighted by Gasteiger charge is -2.21. The number of likely N-dealkylation sites (tertiary alicyclic amines) is 1. The van der Waals surface area contributed by atoms with Gasteiger partial charge in [-0.25, -0.2) is 0 Å². The average molecular weight is 530 g/mol. The molecule has 7 heteroatoms. The molecule has 1 saturated heterocycles. The van der Waals surface area contributed by atoms with E-state index in [0.717, 1.165) is 29.9 Å². The third kappa shape index (κ3) is 4.24. The highest BCUT2D eigenvalue weighted by Gasteiger charge is 2.40. The molecule has 0 radical (unpaired) electrons. The molecule has 0 spiro atoms. The fraction of sp³-hybridized carbons (Fsp3) is 0.474. The Labute approximate surface area is 180 Å². The molecule has 4 rings (SSSR count). The Morgan fingerprint density at radius 3 is 2.69 bits per heavy atom. The first-order valence-corrected chi connectivity index (χ1v) is 9.65. The summed E-state index contributed by atoms with van der Waals surface area (Å²) in [5.74, 6) is 2.19. The molecule has 3 atom stereocenters. The van der Waals surface area contributed by atoms with Crippen LogP contribution in [0.1, 0.15) is 35.8 Å². The zero-order valence-corrected chi connectivity index (χ0v) is 19.0. The maximum absolute atomic E-state index is 4.53. The first kappa shape index (κ1) is 19.7. The number of aryl methyl sites for hydroxylation is 1. The van der Waals surface area contributed by atoms with Crippen LogP contribution in [0.5, 0.6) is 0 Å². The monoisotopic (exact) mass is 529 g/mol. The normalized spacial score (nSPS) is 25.1. The quantitative estimate of drug-likeness (QED) is 0.374. The van der Waals surface area contributed by atoms with Crippen LogP contribution in [-0.2, 0) is 7.05 Å². The molecule has 140 valence electrons. The predicted octanol–water partition coefficient (Wildman–Crippen LogP) is 3.72. The van der Waals surface area contributed by atoms with Gasteiger partial charge in [0.1, 0.15) is 0 Å². The molecule has 2 fully saturated rings. The van der Waals surface area contributed by atoms with E-state index in [9.17, 15) is 0 Å². The van der Waals surface area contributed by atoms with E-state index in [1.807, 2.05) is 25.0 Å². The fourth-order valence-electron chi connectivity index (χ4n) is 3.77. The van der Waals surface area contributed by atoms with Crippen molar-refractivity contribution in [3.8, 4) is 0 Å². The van der Waals surface area contributed by atoms with Gasteiger partial charge in [0.05, 0.1) is 6.20 Å². The highest BCUT2D eigenvalue weighted by Crippen LogP contribution is 2.41. The second-order valence-corrected chi connectivity index (χ2v) is 7.99. The number of aromatic nitrogens is 2. The van der Waals surface area contributed by atoms with Gasteiger partial charge in [-0.15, -0.1) is 24.0 Å². The van der Waals surface area contributed by atoms with Gasteiger partial charge in [0.2, 0.25) is 0 Å². The minimum atomic E-state index is 0. The number of nitrogens with zero attached hydrogens (tertiary/aromatic N) is 4. The van der Waals surface area contributed by atoms with Crippen LogP contribution in [0.25, 0.3) is 0 Å². The Bertz CT molecular complexity index is 772. The van der Waals surface area contributed by atoms with Gasteiger partial charge in [0.15, 0.2) is 5.96 Å². The summed E-state index contributed by atoms with van der Waals surface area (Å²) in [4.78, 5) is 6.91. The number of guanidine groups is 1. The third-order valence-corrected chi connectivity index (χ3v) is 5.83. The maximum Gasteiger partial charge on any atom is 0.193 e. The molecule has 1 aromatic carbocycles. The van der Waals surface area contributed by atoms with E-state index in [0.29, 0.717) is 17.9 Å². The van der Waals surface area contributed by atoms with Gasteiger partial charge in [-0.05, 0) is 36.1 Å². The second kappa shape index (κ2) is 8.29. The second-order valence-electron chi connectivity index (χ2n) is 7.07. The van der Waals surface area contributed by atoms with Crippen LogP contribution in [0.4, 0.5) is 0 Å². The summed E-state index contributed by atoms with van der Waals surface area (Å²) < 4.78 is 3.02. The van der Waals surface area contributed by atoms with Gasteiger partial charge in [-0.2, -0.15) is 5.10 Å². The Morgan fingerprint density at radius 1 is 1.27 bits per heavy atom. The topological polar surface area (TPSA) is 45.5 Å². The van der Waals surface area contributed by atoms with Crippen molar-refractivity contribution < 1.29 is 0 Å². The fourth-order valence-corrected chi connectivity index (χ4v) is 4.04. The van der Waals surface area contributed by atoms with E-state index >= 15 is 0 Å². The zero-order chi connectivity index (χ0) is 17.4. The number of rotatable bonds is 3. The molecule has 2 heterocycles. The first-order chi connectivity index (χ1) is 12.1. The molecule has 1 aromatic heterocycles. The molecule has 1 N–H and O–H groups in total. The summed E-state index contributed by atoms with van der Waals surface area (Å²) in [6, 6.07) is 9.18. The van der Waals surface area contributed by atoms with Crippen molar-refractivity contribution in [1.82, 2.24) is 20.0 Å². The number of halogens is 2. The summed E-state index contributed by atoms with van der Waals surface area (Å²) in [7, 11) is 3.86. The molecule has 1 saturated carbocycles. The lowest BCUT2D eigenvalue weighted by molar-refractivity contribution is 0.484. The van der Waals surface area contributed by atoms with E-state index in [2.05, 4.69) is 66.7 Å². The number of aliphatic imine (C=N–C) groups is 1. The molecule has 0 bridgehead atoms. The third-order valence-electron chi connectivity index (χ3n) is 5.30. The van der Waals surface area contributed by atoms with Crippen molar-refractivity contribution >= 4 is 45.9 Å². The molecular weight excluding hydrogens is 505 g/mol. The molecule has 26 heavy (non-hydrogen) atoms. The Morgan fingerprint density at radius 2 is 2.04 bits per heavy atom. The van der Waals surface area contributed by atoms with E-state index in [4.69, 9.17) is 0 Å². The van der Waals surface area contributed by atoms with E-state index < -0.39 is 0 Å². The lowest BCUT2D eigenvalue weighted by Crippen LogP contribution is -2.41. The summed E-state index contributed by atoms with van der Waals surface area (Å²) in [6.45, 7) is 2.07. The predicted molar refractivity (Wildman–Crippen MR) is 119 cm³/mol. The standard InChI is InChI=1S/C19H24BrN5.HI/c1-21-19(23-18-9-17(18)13-3-5-16(20)6-4-13)25-8-7-14(12-25)15-10-22-24(2)11-15;/h3-6,10-11,14,17-18H,7-9,12H2,1-2H3,(H,21,23);1H. The Kier molecular flexibility index (Phi) is 6.27. The SMILES string of the molecule is CN=C(NC1CC1c1ccc(Br)cc1)N1CCC(c2cnn(C)c2)C1.I. The van der Waals surface area contributed by atoms with Crippen LogP contribution < -0.4 is 5.32 Å². The molecule has 5 nitrogen and oxygen atoms in total. The highest BCUT2D eigenvalue weighted by molar-refractivity contribution is 14.0. The largest absolute Gasteiger partial charge is 0.353 e. The average Bonchev–Trinajstić information content (AvgIpc) is 3.00. The van der Waals surface area contributed by atoms with Crippen molar-refractivity contribution in [2.24, 2.45) is 12.0 Å². The van der Waals surface area contributed by atoms with Gasteiger partial charge in [-0.3, -0.25) is 9.67 Å². The van der Waals surface area contributed by atoms with Gasteiger partial charge < -0.3 is 10.2 Å². The number of hydrogen-bond donors (Lipinski definition) is 1. The van der Waals surface area contributed by atoms with Crippen LogP contribution in [0.3, 0.4) is 0 Å². The Hall–Kier alpha value is -1.09. The number of nitrogens with one attached hydrogen (secondary N) is 1. The van der Waals surface area contributed by atoms with Crippen molar-refractivity contribution in [2.75, 3.05) is 20.1 Å². The molecular formula is C19H25BrIN5. The van der Waals surface area contributed by atoms with Crippen molar-refractivity contribution in [2.45, 2.75) is 30.7 Å². The van der Waals surface area contributed by atoms with E-state index in [-0.39, 0.29) is 24.0 Å². The van der Waals surface area contributed by atoms with Crippen LogP contribution in [0.15, 0.2) is 46.1 Å². The van der Waals surface area contributed by atoms with Crippen molar-refractivity contribution in [1.29, 1.82) is 0 Å². The molecule has 2 aliphatic rings. The highest BCUT2D eigenvalue weighted by atomic mass is 127. The van der Waals surface area contributed by atoms with Gasteiger partial charge >= 0.3 is 0 Å². The van der Waals surface area contributed by atoms with Crippen molar-refractivity contribution in [3.63, 3.8) is 0 Å². The van der Waals surface area contributed by atoms with Crippen LogP contribution in [-0.4, -0.2) is 46.8 Å². The first-order valence-electron chi connectivity index (χ1n) is 8.86. The van der Waals surface area contributed by atoms with Gasteiger partial charge in [0, 0.05) is 55.7 Å². The summed E-state index contributed by atoms with van der Waals surface area (Å²) >= 11 is 3.51. The van der Waals surface area contributed by atoms with E-state index in [1.54, 1.807) is 0 Å². The zero-order valence-electron chi connectivity index (χ0n) is 15.1. The van der Waals surface area contributed by atoms with Crippen LogP contribution >= 0.6 is 39.9 Å². The lowest BCUT2D eigenvalue weighted by atomic mass is 10.0. The van der Waals surface area contributed by atoms with Crippen molar-refractivity contribution in [3.05, 3.63) is 52.3 Å². The minimum Gasteiger partial charge on any atom is -0.353 e. The van der Waals surface area contributed by atoms with Gasteiger partial charge in [0.25, 0.3) is 0 Å². The number of benzene rings is 1. The Balaban J connectivity index is 0.00000196.